The van der Waals surface area contributed by atoms with E-state index in [2.05, 4.69) is 29.4 Å². The Hall–Kier alpha value is -3.39. The first kappa shape index (κ1) is 22.8. The van der Waals surface area contributed by atoms with E-state index in [1.807, 2.05) is 62.1 Å². The molecule has 0 aliphatic rings. The number of hydrogen-bond donors (Lipinski definition) is 1. The summed E-state index contributed by atoms with van der Waals surface area (Å²) in [7, 11) is 3.67. The highest BCUT2D eigenvalue weighted by Gasteiger charge is 2.24. The molecule has 1 aromatic carbocycles. The fourth-order valence-electron chi connectivity index (χ4n) is 3.96. The van der Waals surface area contributed by atoms with Crippen molar-refractivity contribution in [3.8, 4) is 0 Å². The van der Waals surface area contributed by atoms with Crippen LogP contribution in [0, 0.1) is 13.8 Å². The van der Waals surface area contributed by atoms with Gasteiger partial charge in [0.1, 0.15) is 11.4 Å². The topological polar surface area (TPSA) is 71.6 Å². The number of nitrogens with zero attached hydrogens (tertiary/aromatic N) is 4. The van der Waals surface area contributed by atoms with Crippen molar-refractivity contribution in [2.45, 2.75) is 32.7 Å². The van der Waals surface area contributed by atoms with Crippen LogP contribution in [0.4, 0.5) is 0 Å². The Balaban J connectivity index is 1.49. The van der Waals surface area contributed by atoms with Crippen molar-refractivity contribution >= 4 is 28.1 Å². The highest BCUT2D eigenvalue weighted by molar-refractivity contribution is 7.17. The van der Waals surface area contributed by atoms with E-state index in [1.165, 1.54) is 4.88 Å². The quantitative estimate of drug-likeness (QED) is 0.431. The molecule has 0 aliphatic heterocycles. The first-order chi connectivity index (χ1) is 15.8. The molecule has 0 radical (unpaired) electrons. The van der Waals surface area contributed by atoms with Crippen LogP contribution in [0.3, 0.4) is 0 Å². The van der Waals surface area contributed by atoms with Gasteiger partial charge < -0.3 is 14.8 Å². The minimum atomic E-state index is -0.116. The van der Waals surface area contributed by atoms with Crippen LogP contribution in [-0.4, -0.2) is 50.3 Å². The molecule has 4 rings (SSSR count). The predicted molar refractivity (Wildman–Crippen MR) is 131 cm³/mol. The Morgan fingerprint density at radius 2 is 1.91 bits per heavy atom. The van der Waals surface area contributed by atoms with Gasteiger partial charge in [-0.1, -0.05) is 30.3 Å². The third kappa shape index (κ3) is 4.85. The van der Waals surface area contributed by atoms with Gasteiger partial charge in [0.25, 0.3) is 11.8 Å². The standard InChI is InChI=1S/C25H29N5O2S/c1-17-18(2)33-25-27-21(16-30(17)25)24(32)29(4)20(15-19-9-6-5-7-10-19)12-13-26-23(31)22-11-8-14-28(22)3/h5-11,14,16,20H,12-13,15H2,1-4H3,(H,26,31). The van der Waals surface area contributed by atoms with Crippen molar-refractivity contribution in [1.29, 1.82) is 0 Å². The Morgan fingerprint density at radius 1 is 1.15 bits per heavy atom. The number of aryl methyl sites for hydroxylation is 3. The highest BCUT2D eigenvalue weighted by Crippen LogP contribution is 2.23. The molecule has 8 heteroatoms. The van der Waals surface area contributed by atoms with Crippen LogP contribution < -0.4 is 5.32 Å². The molecule has 33 heavy (non-hydrogen) atoms. The van der Waals surface area contributed by atoms with Crippen molar-refractivity contribution < 1.29 is 9.59 Å². The third-order valence-corrected chi connectivity index (χ3v) is 7.20. The molecule has 2 amide bonds. The van der Waals surface area contributed by atoms with Gasteiger partial charge in [0, 0.05) is 49.6 Å². The number of benzene rings is 1. The van der Waals surface area contributed by atoms with Crippen LogP contribution >= 0.6 is 11.3 Å². The van der Waals surface area contributed by atoms with Gasteiger partial charge in [-0.15, -0.1) is 11.3 Å². The molecule has 0 aliphatic carbocycles. The van der Waals surface area contributed by atoms with Gasteiger partial charge in [-0.3, -0.25) is 14.0 Å². The van der Waals surface area contributed by atoms with Gasteiger partial charge in [0.05, 0.1) is 0 Å². The molecule has 7 nitrogen and oxygen atoms in total. The average molecular weight is 464 g/mol. The maximum absolute atomic E-state index is 13.3. The number of aromatic nitrogens is 3. The number of carbonyl (C=O) groups is 2. The number of thiazole rings is 1. The average Bonchev–Trinajstić information content (AvgIpc) is 3.49. The minimum Gasteiger partial charge on any atom is -0.351 e. The van der Waals surface area contributed by atoms with Gasteiger partial charge >= 0.3 is 0 Å². The van der Waals surface area contributed by atoms with Gasteiger partial charge in [0.15, 0.2) is 4.96 Å². The molecule has 172 valence electrons. The van der Waals surface area contributed by atoms with E-state index in [0.717, 1.165) is 16.2 Å². The van der Waals surface area contributed by atoms with E-state index in [0.29, 0.717) is 30.8 Å². The largest absolute Gasteiger partial charge is 0.351 e. The maximum Gasteiger partial charge on any atom is 0.274 e. The molecule has 0 bridgehead atoms. The number of nitrogens with one attached hydrogen (secondary N) is 1. The lowest BCUT2D eigenvalue weighted by Gasteiger charge is -2.28. The molecular weight excluding hydrogens is 434 g/mol. The zero-order chi connectivity index (χ0) is 23.5. The third-order valence-electron chi connectivity index (χ3n) is 6.13. The number of hydrogen-bond acceptors (Lipinski definition) is 4. The van der Waals surface area contributed by atoms with Crippen LogP contribution in [0.1, 0.15) is 43.5 Å². The fourth-order valence-corrected chi connectivity index (χ4v) is 4.92. The molecule has 0 saturated carbocycles. The van der Waals surface area contributed by atoms with E-state index in [1.54, 1.807) is 26.9 Å². The summed E-state index contributed by atoms with van der Waals surface area (Å²) in [6, 6.07) is 13.7. The summed E-state index contributed by atoms with van der Waals surface area (Å²) >= 11 is 1.59. The lowest BCUT2D eigenvalue weighted by Crippen LogP contribution is -2.41. The second-order valence-corrected chi connectivity index (χ2v) is 9.51. The summed E-state index contributed by atoms with van der Waals surface area (Å²) in [6.45, 7) is 4.56. The molecule has 3 heterocycles. The number of likely N-dealkylation sites (N-methyl/N-ethyl adjacent to an activating group) is 1. The van der Waals surface area contributed by atoms with Crippen LogP contribution in [0.25, 0.3) is 4.96 Å². The van der Waals surface area contributed by atoms with E-state index in [4.69, 9.17) is 0 Å². The van der Waals surface area contributed by atoms with Crippen molar-refractivity contribution in [1.82, 2.24) is 24.2 Å². The fraction of sp³-hybridized carbons (Fsp3) is 0.320. The smallest absolute Gasteiger partial charge is 0.274 e. The number of rotatable bonds is 8. The number of fused-ring (bicyclic) bond motifs is 1. The SMILES string of the molecule is Cc1sc2nc(C(=O)N(C)C(CCNC(=O)c3cccn3C)Cc3ccccc3)cn2c1C. The first-order valence-corrected chi connectivity index (χ1v) is 11.8. The summed E-state index contributed by atoms with van der Waals surface area (Å²) < 4.78 is 3.77. The second-order valence-electron chi connectivity index (χ2n) is 8.33. The Labute approximate surface area is 197 Å². The van der Waals surface area contributed by atoms with E-state index >= 15 is 0 Å². The number of imidazole rings is 1. The summed E-state index contributed by atoms with van der Waals surface area (Å²) in [5.41, 5.74) is 3.31. The van der Waals surface area contributed by atoms with Crippen LogP contribution in [0.5, 0.6) is 0 Å². The van der Waals surface area contributed by atoms with E-state index in [-0.39, 0.29) is 17.9 Å². The molecular formula is C25H29N5O2S. The second kappa shape index (κ2) is 9.62. The van der Waals surface area contributed by atoms with Gasteiger partial charge in [-0.05, 0) is 44.4 Å². The Morgan fingerprint density at radius 3 is 2.58 bits per heavy atom. The molecule has 1 N–H and O–H groups in total. The van der Waals surface area contributed by atoms with Crippen molar-refractivity contribution in [2.24, 2.45) is 7.05 Å². The van der Waals surface area contributed by atoms with Crippen LogP contribution in [0.15, 0.2) is 54.9 Å². The normalized spacial score (nSPS) is 12.1. The Bertz CT molecular complexity index is 1270. The molecule has 0 saturated heterocycles. The Kier molecular flexibility index (Phi) is 6.65. The maximum atomic E-state index is 13.3. The van der Waals surface area contributed by atoms with E-state index in [9.17, 15) is 9.59 Å². The monoisotopic (exact) mass is 463 g/mol. The molecule has 3 aromatic heterocycles. The van der Waals surface area contributed by atoms with Gasteiger partial charge in [-0.25, -0.2) is 4.98 Å². The van der Waals surface area contributed by atoms with Crippen molar-refractivity contribution in [2.75, 3.05) is 13.6 Å². The summed E-state index contributed by atoms with van der Waals surface area (Å²) in [5, 5.41) is 2.99. The summed E-state index contributed by atoms with van der Waals surface area (Å²) in [6.07, 6.45) is 5.00. The highest BCUT2D eigenvalue weighted by atomic mass is 32.1. The minimum absolute atomic E-state index is 0.0869. The zero-order valence-corrected chi connectivity index (χ0v) is 20.2. The first-order valence-electron chi connectivity index (χ1n) is 11.0. The summed E-state index contributed by atoms with van der Waals surface area (Å²) in [5.74, 6) is -0.229. The predicted octanol–water partition coefficient (Wildman–Crippen LogP) is 3.85. The van der Waals surface area contributed by atoms with Gasteiger partial charge in [0.2, 0.25) is 0 Å². The van der Waals surface area contributed by atoms with Crippen molar-refractivity contribution in [3.05, 3.63) is 82.4 Å². The molecule has 0 spiro atoms. The zero-order valence-electron chi connectivity index (χ0n) is 19.4. The lowest BCUT2D eigenvalue weighted by atomic mass is 10.0. The molecule has 0 fully saturated rings. The lowest BCUT2D eigenvalue weighted by molar-refractivity contribution is 0.0717. The van der Waals surface area contributed by atoms with E-state index < -0.39 is 0 Å². The van der Waals surface area contributed by atoms with Crippen LogP contribution in [-0.2, 0) is 13.5 Å². The molecule has 1 unspecified atom stereocenters. The number of carbonyl (C=O) groups excluding carboxylic acids is 2. The van der Waals surface area contributed by atoms with Gasteiger partial charge in [-0.2, -0.15) is 0 Å². The molecule has 1 atom stereocenters. The molecule has 4 aromatic rings. The number of amides is 2. The van der Waals surface area contributed by atoms with Crippen molar-refractivity contribution in [3.63, 3.8) is 0 Å². The van der Waals surface area contributed by atoms with Crippen LogP contribution in [0.2, 0.25) is 0 Å². The summed E-state index contributed by atoms with van der Waals surface area (Å²) in [4.78, 5) is 34.2.